The molecule has 1 aromatic heterocycles. The van der Waals surface area contributed by atoms with Gasteiger partial charge >= 0.3 is 12.0 Å². The number of rotatable bonds is 7. The minimum Gasteiger partial charge on any atom is -0.480 e. The Morgan fingerprint density at radius 3 is 2.67 bits per heavy atom. The summed E-state index contributed by atoms with van der Waals surface area (Å²) in [6, 6.07) is -1.41. The first-order valence-electron chi connectivity index (χ1n) is 7.17. The molecule has 116 valence electrons. The lowest BCUT2D eigenvalue weighted by atomic mass is 9.92. The van der Waals surface area contributed by atoms with Crippen LogP contribution in [0.2, 0.25) is 0 Å². The maximum absolute atomic E-state index is 11.9. The molecule has 4 N–H and O–H groups in total. The molecular weight excluding hydrogens is 272 g/mol. The van der Waals surface area contributed by atoms with E-state index in [1.807, 2.05) is 0 Å². The van der Waals surface area contributed by atoms with Crippen LogP contribution in [0.1, 0.15) is 32.4 Å². The largest absolute Gasteiger partial charge is 0.480 e. The van der Waals surface area contributed by atoms with E-state index in [2.05, 4.69) is 34.4 Å². The molecule has 1 aliphatic rings. The second kappa shape index (κ2) is 6.15. The smallest absolute Gasteiger partial charge is 0.326 e. The fourth-order valence-corrected chi connectivity index (χ4v) is 2.40. The van der Waals surface area contributed by atoms with Gasteiger partial charge in [0, 0.05) is 24.9 Å². The first-order chi connectivity index (χ1) is 9.93. The third-order valence-electron chi connectivity index (χ3n) is 4.30. The van der Waals surface area contributed by atoms with Gasteiger partial charge in [0.05, 0.1) is 6.33 Å². The topological polar surface area (TPSA) is 107 Å². The fourth-order valence-electron chi connectivity index (χ4n) is 2.40. The number of imidazole rings is 1. The Balaban J connectivity index is 1.83. The number of hydrogen-bond acceptors (Lipinski definition) is 3. The predicted octanol–water partition coefficient (Wildman–Crippen LogP) is 1.14. The number of carboxylic acid groups (broad SMARTS) is 1. The number of hydrogen-bond donors (Lipinski definition) is 4. The normalized spacial score (nSPS) is 17.3. The summed E-state index contributed by atoms with van der Waals surface area (Å²) in [5, 5.41) is 14.5. The van der Waals surface area contributed by atoms with Crippen molar-refractivity contribution < 1.29 is 14.7 Å². The highest BCUT2D eigenvalue weighted by Gasteiger charge is 2.45. The van der Waals surface area contributed by atoms with Crippen molar-refractivity contribution in [3.05, 3.63) is 18.2 Å². The van der Waals surface area contributed by atoms with E-state index in [9.17, 15) is 14.7 Å². The molecule has 2 rings (SSSR count). The molecule has 0 radical (unpaired) electrons. The molecule has 0 bridgehead atoms. The van der Waals surface area contributed by atoms with Crippen molar-refractivity contribution >= 4 is 12.0 Å². The van der Waals surface area contributed by atoms with Crippen LogP contribution in [-0.4, -0.2) is 39.7 Å². The minimum atomic E-state index is -1.07. The second-order valence-electron chi connectivity index (χ2n) is 6.02. The minimum absolute atomic E-state index is 0.179. The van der Waals surface area contributed by atoms with E-state index in [1.165, 1.54) is 6.33 Å². The molecule has 0 spiro atoms. The molecule has 0 saturated heterocycles. The fraction of sp³-hybridized carbons (Fsp3) is 0.643. The van der Waals surface area contributed by atoms with Gasteiger partial charge in [-0.15, -0.1) is 0 Å². The Morgan fingerprint density at radius 1 is 1.48 bits per heavy atom. The van der Waals surface area contributed by atoms with E-state index in [4.69, 9.17) is 0 Å². The van der Waals surface area contributed by atoms with Crippen LogP contribution in [0.25, 0.3) is 0 Å². The lowest BCUT2D eigenvalue weighted by Gasteiger charge is -2.21. The number of amides is 2. The van der Waals surface area contributed by atoms with Crippen LogP contribution in [0.4, 0.5) is 4.79 Å². The summed E-state index contributed by atoms with van der Waals surface area (Å²) in [5.74, 6) is -0.553. The van der Waals surface area contributed by atoms with E-state index in [1.54, 1.807) is 6.20 Å². The Kier molecular flexibility index (Phi) is 4.50. The van der Waals surface area contributed by atoms with E-state index < -0.39 is 18.0 Å². The Labute approximate surface area is 123 Å². The third-order valence-corrected chi connectivity index (χ3v) is 4.30. The van der Waals surface area contributed by atoms with Crippen molar-refractivity contribution in [1.29, 1.82) is 0 Å². The predicted molar refractivity (Wildman–Crippen MR) is 76.8 cm³/mol. The first kappa shape index (κ1) is 15.3. The van der Waals surface area contributed by atoms with Gasteiger partial charge < -0.3 is 20.7 Å². The molecule has 1 aliphatic carbocycles. The van der Waals surface area contributed by atoms with Crippen LogP contribution in [0.15, 0.2) is 12.5 Å². The average molecular weight is 294 g/mol. The lowest BCUT2D eigenvalue weighted by molar-refractivity contribution is -0.139. The molecule has 0 unspecified atom stereocenters. The zero-order chi connectivity index (χ0) is 15.5. The van der Waals surface area contributed by atoms with E-state index >= 15 is 0 Å². The molecule has 7 heteroatoms. The third kappa shape index (κ3) is 3.96. The number of urea groups is 1. The molecule has 0 aliphatic heterocycles. The Morgan fingerprint density at radius 2 is 2.19 bits per heavy atom. The zero-order valence-corrected chi connectivity index (χ0v) is 12.3. The summed E-state index contributed by atoms with van der Waals surface area (Å²) in [7, 11) is 0. The van der Waals surface area contributed by atoms with Crippen LogP contribution >= 0.6 is 0 Å². The number of aliphatic carboxylic acids is 1. The highest BCUT2D eigenvalue weighted by atomic mass is 16.4. The molecule has 1 aromatic rings. The number of nitrogens with one attached hydrogen (secondary N) is 3. The highest BCUT2D eigenvalue weighted by molar-refractivity contribution is 5.82. The number of aromatic nitrogens is 2. The molecule has 1 atom stereocenters. The van der Waals surface area contributed by atoms with Gasteiger partial charge in [0.15, 0.2) is 0 Å². The lowest BCUT2D eigenvalue weighted by Crippen LogP contribution is -2.48. The number of nitrogens with zero attached hydrogens (tertiary/aromatic N) is 1. The molecule has 2 amide bonds. The van der Waals surface area contributed by atoms with Crippen LogP contribution in [0.5, 0.6) is 0 Å². The van der Waals surface area contributed by atoms with Crippen LogP contribution in [0.3, 0.4) is 0 Å². The van der Waals surface area contributed by atoms with Crippen molar-refractivity contribution in [1.82, 2.24) is 20.6 Å². The first-order valence-corrected chi connectivity index (χ1v) is 7.17. The maximum atomic E-state index is 11.9. The molecule has 7 nitrogen and oxygen atoms in total. The number of carbonyl (C=O) groups is 2. The Hall–Kier alpha value is -2.05. The summed E-state index contributed by atoms with van der Waals surface area (Å²) in [6.45, 7) is 4.88. The van der Waals surface area contributed by atoms with E-state index in [0.29, 0.717) is 18.2 Å². The van der Waals surface area contributed by atoms with Gasteiger partial charge in [-0.1, -0.05) is 13.8 Å². The number of carbonyl (C=O) groups excluding carboxylic acids is 1. The van der Waals surface area contributed by atoms with Crippen molar-refractivity contribution in [2.75, 3.05) is 6.54 Å². The monoisotopic (exact) mass is 294 g/mol. The molecule has 1 saturated carbocycles. The average Bonchev–Trinajstić information content (AvgIpc) is 3.06. The Bertz CT molecular complexity index is 494. The molecule has 1 fully saturated rings. The second-order valence-corrected chi connectivity index (χ2v) is 6.02. The summed E-state index contributed by atoms with van der Waals surface area (Å²) < 4.78 is 0. The van der Waals surface area contributed by atoms with Gasteiger partial charge in [-0.2, -0.15) is 0 Å². The summed E-state index contributed by atoms with van der Waals surface area (Å²) in [4.78, 5) is 29.7. The zero-order valence-electron chi connectivity index (χ0n) is 12.3. The maximum Gasteiger partial charge on any atom is 0.326 e. The molecule has 0 aromatic carbocycles. The van der Waals surface area contributed by atoms with Crippen molar-refractivity contribution in [3.8, 4) is 0 Å². The van der Waals surface area contributed by atoms with E-state index in [0.717, 1.165) is 12.8 Å². The molecule has 1 heterocycles. The summed E-state index contributed by atoms with van der Waals surface area (Å²) >= 11 is 0. The number of carboxylic acids is 1. The van der Waals surface area contributed by atoms with Gasteiger partial charge in [-0.3, -0.25) is 0 Å². The number of aromatic amines is 1. The van der Waals surface area contributed by atoms with Gasteiger partial charge in [-0.05, 0) is 24.2 Å². The van der Waals surface area contributed by atoms with Crippen LogP contribution in [-0.2, 0) is 11.2 Å². The van der Waals surface area contributed by atoms with E-state index in [-0.39, 0.29) is 11.8 Å². The quantitative estimate of drug-likeness (QED) is 0.605. The standard InChI is InChI=1S/C14H22N4O3/c1-9(2)14(3-4-14)7-16-13(21)18-11(12(19)20)5-10-6-15-8-17-10/h6,8-9,11H,3-5,7H2,1-2H3,(H,15,17)(H,19,20)(H2,16,18,21)/t11-/m0/s1. The van der Waals surface area contributed by atoms with Gasteiger partial charge in [0.1, 0.15) is 6.04 Å². The SMILES string of the molecule is CC(C)C1(CNC(=O)N[C@@H](Cc2cnc[nH]2)C(=O)O)CC1. The van der Waals surface area contributed by atoms with Crippen molar-refractivity contribution in [2.45, 2.75) is 39.2 Å². The molecular formula is C14H22N4O3. The summed E-state index contributed by atoms with van der Waals surface area (Å²) in [5.41, 5.74) is 0.864. The van der Waals surface area contributed by atoms with Crippen LogP contribution in [0, 0.1) is 11.3 Å². The summed E-state index contributed by atoms with van der Waals surface area (Å²) in [6.07, 6.45) is 5.43. The van der Waals surface area contributed by atoms with Gasteiger partial charge in [0.2, 0.25) is 0 Å². The highest BCUT2D eigenvalue weighted by Crippen LogP contribution is 2.51. The van der Waals surface area contributed by atoms with Gasteiger partial charge in [-0.25, -0.2) is 14.6 Å². The van der Waals surface area contributed by atoms with Crippen LogP contribution < -0.4 is 10.6 Å². The molecule has 21 heavy (non-hydrogen) atoms. The van der Waals surface area contributed by atoms with Gasteiger partial charge in [0.25, 0.3) is 0 Å². The van der Waals surface area contributed by atoms with Crippen molar-refractivity contribution in [3.63, 3.8) is 0 Å². The van der Waals surface area contributed by atoms with Crippen molar-refractivity contribution in [2.24, 2.45) is 11.3 Å². The number of H-pyrrole nitrogens is 1.